The summed E-state index contributed by atoms with van der Waals surface area (Å²) in [5.41, 5.74) is 11.4. The number of hydrogen-bond acceptors (Lipinski definition) is 3. The number of allylic oxidation sites excluding steroid dienone is 2. The van der Waals surface area contributed by atoms with Crippen molar-refractivity contribution in [1.29, 1.82) is 0 Å². The molecule has 0 fully saturated rings. The third kappa shape index (κ3) is 3.29. The summed E-state index contributed by atoms with van der Waals surface area (Å²) < 4.78 is 2.18. The van der Waals surface area contributed by atoms with Crippen molar-refractivity contribution in [2.45, 2.75) is 19.8 Å². The van der Waals surface area contributed by atoms with E-state index in [1.807, 2.05) is 48.7 Å². The Hall–Kier alpha value is -3.40. The van der Waals surface area contributed by atoms with Crippen molar-refractivity contribution in [3.8, 4) is 0 Å². The van der Waals surface area contributed by atoms with Crippen molar-refractivity contribution < 1.29 is 0 Å². The van der Waals surface area contributed by atoms with E-state index in [9.17, 15) is 0 Å². The molecule has 0 saturated heterocycles. The molecule has 4 rings (SSSR count). The van der Waals surface area contributed by atoms with Gasteiger partial charge in [-0.1, -0.05) is 36.9 Å². The molecule has 0 spiro atoms. The van der Waals surface area contributed by atoms with E-state index in [1.54, 1.807) is 0 Å². The van der Waals surface area contributed by atoms with Crippen molar-refractivity contribution in [2.24, 2.45) is 12.8 Å². The highest BCUT2D eigenvalue weighted by atomic mass is 15.1. The lowest BCUT2D eigenvalue weighted by atomic mass is 10.1. The van der Waals surface area contributed by atoms with Crippen LogP contribution in [0.3, 0.4) is 0 Å². The molecule has 4 heteroatoms. The van der Waals surface area contributed by atoms with Crippen molar-refractivity contribution in [2.75, 3.05) is 0 Å². The Bertz CT molecular complexity index is 1310. The molecule has 2 N–H and O–H groups in total. The van der Waals surface area contributed by atoms with Crippen LogP contribution >= 0.6 is 0 Å². The van der Waals surface area contributed by atoms with E-state index in [0.717, 1.165) is 56.7 Å². The fraction of sp³-hybridized carbons (Fsp3) is 0.167. The van der Waals surface area contributed by atoms with Crippen LogP contribution in [0.15, 0.2) is 60.4 Å². The van der Waals surface area contributed by atoms with Gasteiger partial charge in [0, 0.05) is 30.7 Å². The van der Waals surface area contributed by atoms with Gasteiger partial charge in [0.2, 0.25) is 0 Å². The SMILES string of the molecule is C=c1cccc/c1=C/C=C(\N)CCc1nc2c3cccnc3cc(C)c2n1C. The van der Waals surface area contributed by atoms with Crippen LogP contribution in [0.1, 0.15) is 17.8 Å². The Kier molecular flexibility index (Phi) is 4.70. The van der Waals surface area contributed by atoms with Gasteiger partial charge in [-0.15, -0.1) is 0 Å². The minimum Gasteiger partial charge on any atom is -0.402 e. The molecule has 28 heavy (non-hydrogen) atoms. The number of nitrogens with two attached hydrogens (primary N) is 1. The molecule has 0 unspecified atom stereocenters. The molecule has 2 heterocycles. The number of rotatable bonds is 4. The lowest BCUT2D eigenvalue weighted by Gasteiger charge is -2.05. The quantitative estimate of drug-likeness (QED) is 0.602. The van der Waals surface area contributed by atoms with E-state index in [-0.39, 0.29) is 0 Å². The standard InChI is InChI=1S/C24H24N4/c1-16-7-4-5-8-18(16)10-11-19(25)12-13-22-27-23-20-9-6-14-26-21(20)15-17(2)24(23)28(22)3/h4-11,14-15H,1,12-13,25H2,2-3H3/b18-10-,19-11-. The van der Waals surface area contributed by atoms with Gasteiger partial charge in [-0.3, -0.25) is 4.98 Å². The summed E-state index contributed by atoms with van der Waals surface area (Å²) >= 11 is 0. The molecule has 0 aliphatic heterocycles. The second-order valence-electron chi connectivity index (χ2n) is 7.15. The van der Waals surface area contributed by atoms with Gasteiger partial charge >= 0.3 is 0 Å². The van der Waals surface area contributed by atoms with Crippen LogP contribution < -0.4 is 16.2 Å². The summed E-state index contributed by atoms with van der Waals surface area (Å²) in [6.45, 7) is 6.15. The van der Waals surface area contributed by atoms with Crippen LogP contribution in [0.2, 0.25) is 0 Å². The molecule has 0 saturated carbocycles. The first kappa shape index (κ1) is 18.0. The number of aromatic nitrogens is 3. The first-order valence-corrected chi connectivity index (χ1v) is 9.44. The van der Waals surface area contributed by atoms with Gasteiger partial charge in [0.25, 0.3) is 0 Å². The van der Waals surface area contributed by atoms with Crippen LogP contribution in [-0.2, 0) is 13.5 Å². The van der Waals surface area contributed by atoms with Crippen molar-refractivity contribution >= 4 is 34.6 Å². The third-order valence-corrected chi connectivity index (χ3v) is 5.18. The van der Waals surface area contributed by atoms with E-state index in [4.69, 9.17) is 10.7 Å². The number of hydrogen-bond donors (Lipinski definition) is 1. The Labute approximate surface area is 164 Å². The van der Waals surface area contributed by atoms with Gasteiger partial charge < -0.3 is 10.3 Å². The zero-order valence-electron chi connectivity index (χ0n) is 16.3. The summed E-state index contributed by atoms with van der Waals surface area (Å²) in [7, 11) is 2.07. The first-order valence-electron chi connectivity index (χ1n) is 9.44. The van der Waals surface area contributed by atoms with Gasteiger partial charge in [-0.2, -0.15) is 0 Å². The van der Waals surface area contributed by atoms with Crippen molar-refractivity contribution in [3.05, 3.63) is 82.3 Å². The smallest absolute Gasteiger partial charge is 0.110 e. The third-order valence-electron chi connectivity index (χ3n) is 5.18. The van der Waals surface area contributed by atoms with Gasteiger partial charge in [-0.25, -0.2) is 4.98 Å². The molecule has 0 aliphatic carbocycles. The Morgan fingerprint density at radius 2 is 2.04 bits per heavy atom. The van der Waals surface area contributed by atoms with Crippen molar-refractivity contribution in [1.82, 2.24) is 14.5 Å². The number of fused-ring (bicyclic) bond motifs is 3. The monoisotopic (exact) mass is 368 g/mol. The zero-order chi connectivity index (χ0) is 19.7. The highest BCUT2D eigenvalue weighted by Gasteiger charge is 2.13. The Morgan fingerprint density at radius 1 is 1.21 bits per heavy atom. The Balaban J connectivity index is 1.64. The molecule has 4 nitrogen and oxygen atoms in total. The molecule has 4 aromatic rings. The zero-order valence-corrected chi connectivity index (χ0v) is 16.3. The summed E-state index contributed by atoms with van der Waals surface area (Å²) in [5.74, 6) is 1.03. The van der Waals surface area contributed by atoms with E-state index in [1.165, 1.54) is 5.56 Å². The molecule has 2 aromatic heterocycles. The largest absolute Gasteiger partial charge is 0.402 e. The number of aryl methyl sites for hydroxylation is 3. The van der Waals surface area contributed by atoms with Crippen molar-refractivity contribution in [3.63, 3.8) is 0 Å². The lowest BCUT2D eigenvalue weighted by molar-refractivity contribution is 0.778. The molecule has 140 valence electrons. The highest BCUT2D eigenvalue weighted by molar-refractivity contribution is 6.04. The number of pyridine rings is 1. The predicted molar refractivity (Wildman–Crippen MR) is 117 cm³/mol. The number of imidazole rings is 1. The summed E-state index contributed by atoms with van der Waals surface area (Å²) in [6, 6.07) is 14.2. The molecular weight excluding hydrogens is 344 g/mol. The average Bonchev–Trinajstić information content (AvgIpc) is 3.03. The maximum absolute atomic E-state index is 6.25. The number of benzene rings is 2. The fourth-order valence-corrected chi connectivity index (χ4v) is 3.65. The lowest BCUT2D eigenvalue weighted by Crippen LogP contribution is -2.21. The summed E-state index contributed by atoms with van der Waals surface area (Å²) in [4.78, 5) is 9.40. The summed E-state index contributed by atoms with van der Waals surface area (Å²) in [5, 5.41) is 3.18. The van der Waals surface area contributed by atoms with Gasteiger partial charge in [0.15, 0.2) is 0 Å². The van der Waals surface area contributed by atoms with Gasteiger partial charge in [-0.05, 0) is 53.6 Å². The summed E-state index contributed by atoms with van der Waals surface area (Å²) in [6.07, 6.45) is 7.35. The highest BCUT2D eigenvalue weighted by Crippen LogP contribution is 2.27. The average molecular weight is 368 g/mol. The van der Waals surface area contributed by atoms with Crippen LogP contribution in [0.25, 0.3) is 34.6 Å². The topological polar surface area (TPSA) is 56.7 Å². The van der Waals surface area contributed by atoms with Gasteiger partial charge in [0.1, 0.15) is 5.82 Å². The maximum atomic E-state index is 6.25. The minimum absolute atomic E-state index is 0.752. The van der Waals surface area contributed by atoms with Crippen LogP contribution in [0.4, 0.5) is 0 Å². The van der Waals surface area contributed by atoms with Crippen LogP contribution in [-0.4, -0.2) is 14.5 Å². The normalized spacial score (nSPS) is 12.9. The fourth-order valence-electron chi connectivity index (χ4n) is 3.65. The van der Waals surface area contributed by atoms with E-state index >= 15 is 0 Å². The molecule has 0 amide bonds. The molecule has 0 aliphatic rings. The second-order valence-corrected chi connectivity index (χ2v) is 7.15. The Morgan fingerprint density at radius 3 is 2.86 bits per heavy atom. The molecule has 0 atom stereocenters. The first-order chi connectivity index (χ1) is 13.5. The molecular formula is C24H24N4. The maximum Gasteiger partial charge on any atom is 0.110 e. The molecule has 0 radical (unpaired) electrons. The second kappa shape index (κ2) is 7.31. The van der Waals surface area contributed by atoms with Crippen LogP contribution in [0, 0.1) is 6.92 Å². The predicted octanol–water partition coefficient (Wildman–Crippen LogP) is 3.10. The minimum atomic E-state index is 0.752. The van der Waals surface area contributed by atoms with Crippen LogP contribution in [0.5, 0.6) is 0 Å². The molecule has 0 bridgehead atoms. The molecule has 2 aromatic carbocycles. The van der Waals surface area contributed by atoms with E-state index in [0.29, 0.717) is 0 Å². The van der Waals surface area contributed by atoms with E-state index in [2.05, 4.69) is 42.2 Å². The van der Waals surface area contributed by atoms with Gasteiger partial charge in [0.05, 0.1) is 16.6 Å². The number of nitrogens with zero attached hydrogens (tertiary/aromatic N) is 3. The van der Waals surface area contributed by atoms with E-state index < -0.39 is 0 Å².